The number of methoxy groups -OCH3 is 1. The van der Waals surface area contributed by atoms with E-state index in [1.165, 1.54) is 79.9 Å². The number of rotatable bonds is 10. The largest absolute Gasteiger partial charge is 0.495 e. The highest BCUT2D eigenvalue weighted by Gasteiger charge is 2.20. The highest BCUT2D eigenvalue weighted by Crippen LogP contribution is 2.28. The second-order valence-corrected chi connectivity index (χ2v) is 12.8. The minimum atomic E-state index is -3.92. The second kappa shape index (κ2) is 12.0. The van der Waals surface area contributed by atoms with Crippen molar-refractivity contribution in [2.45, 2.75) is 18.4 Å². The van der Waals surface area contributed by atoms with E-state index in [2.05, 4.69) is 10.0 Å². The Kier molecular flexibility index (Phi) is 8.64. The van der Waals surface area contributed by atoms with Crippen LogP contribution < -0.4 is 19.1 Å². The highest BCUT2D eigenvalue weighted by atomic mass is 32.2. The molecule has 0 aromatic heterocycles. The maximum atomic E-state index is 13.2. The third-order valence-electron chi connectivity index (χ3n) is 6.08. The van der Waals surface area contributed by atoms with Crippen LogP contribution in [0.2, 0.25) is 0 Å². The Hall–Kier alpha value is -4.42. The van der Waals surface area contributed by atoms with Crippen LogP contribution in [0.1, 0.15) is 21.5 Å². The maximum absolute atomic E-state index is 13.2. The van der Waals surface area contributed by atoms with Crippen LogP contribution >= 0.6 is 0 Å². The number of halogens is 1. The van der Waals surface area contributed by atoms with E-state index in [9.17, 15) is 26.0 Å². The van der Waals surface area contributed by atoms with Crippen LogP contribution in [0.25, 0.3) is 0 Å². The first-order valence-electron chi connectivity index (χ1n) is 12.3. The van der Waals surface area contributed by atoms with Gasteiger partial charge in [-0.2, -0.15) is 0 Å². The minimum absolute atomic E-state index is 0.00850. The van der Waals surface area contributed by atoms with Crippen molar-refractivity contribution < 1.29 is 30.8 Å². The van der Waals surface area contributed by atoms with Crippen LogP contribution in [-0.2, 0) is 26.6 Å². The van der Waals surface area contributed by atoms with Gasteiger partial charge in [0, 0.05) is 11.3 Å². The molecule has 0 unspecified atom stereocenters. The zero-order chi connectivity index (χ0) is 29.8. The molecule has 0 fully saturated rings. The van der Waals surface area contributed by atoms with Crippen molar-refractivity contribution in [3.05, 3.63) is 114 Å². The van der Waals surface area contributed by atoms with Crippen molar-refractivity contribution in [1.29, 1.82) is 0 Å². The third-order valence-corrected chi connectivity index (χ3v) is 8.60. The fraction of sp³-hybridized carbons (Fsp3) is 0.138. The molecular weight excluding hydrogens is 569 g/mol. The molecule has 1 amide bonds. The number of carbonyl (C=O) groups is 1. The molecule has 0 aliphatic rings. The molecular formula is C29H28FN3O6S2. The first-order chi connectivity index (χ1) is 19.4. The predicted octanol–water partition coefficient (Wildman–Crippen LogP) is 5.16. The fourth-order valence-corrected chi connectivity index (χ4v) is 5.91. The summed E-state index contributed by atoms with van der Waals surface area (Å²) in [5.74, 6) is -0.519. The normalized spacial score (nSPS) is 11.5. The van der Waals surface area contributed by atoms with Gasteiger partial charge in [0.1, 0.15) is 11.6 Å². The monoisotopic (exact) mass is 597 g/mol. The number of sulfonamides is 2. The van der Waals surface area contributed by atoms with E-state index in [1.54, 1.807) is 18.2 Å². The van der Waals surface area contributed by atoms with Crippen LogP contribution in [0.5, 0.6) is 5.75 Å². The predicted molar refractivity (Wildman–Crippen MR) is 157 cm³/mol. The van der Waals surface area contributed by atoms with Crippen LogP contribution in [0.15, 0.2) is 95.9 Å². The zero-order valence-corrected chi connectivity index (χ0v) is 24.1. The van der Waals surface area contributed by atoms with E-state index in [4.69, 9.17) is 4.74 Å². The van der Waals surface area contributed by atoms with Gasteiger partial charge < -0.3 is 10.1 Å². The highest BCUT2D eigenvalue weighted by molar-refractivity contribution is 7.92. The summed E-state index contributed by atoms with van der Waals surface area (Å²) < 4.78 is 72.8. The topological polar surface area (TPSA) is 122 Å². The molecule has 0 saturated carbocycles. The van der Waals surface area contributed by atoms with Gasteiger partial charge in [-0.25, -0.2) is 21.2 Å². The van der Waals surface area contributed by atoms with Crippen LogP contribution in [0, 0.1) is 12.7 Å². The Morgan fingerprint density at radius 2 is 1.51 bits per heavy atom. The number of hydrogen-bond acceptors (Lipinski definition) is 6. The van der Waals surface area contributed by atoms with Gasteiger partial charge >= 0.3 is 0 Å². The molecule has 0 atom stereocenters. The van der Waals surface area contributed by atoms with Crippen LogP contribution in [-0.4, -0.2) is 36.1 Å². The summed E-state index contributed by atoms with van der Waals surface area (Å²) in [6, 6.07) is 22.2. The van der Waals surface area contributed by atoms with Crippen LogP contribution in [0.4, 0.5) is 21.5 Å². The molecule has 0 heterocycles. The summed E-state index contributed by atoms with van der Waals surface area (Å²) in [5, 5.41) is 2.69. The van der Waals surface area contributed by atoms with E-state index < -0.39 is 31.8 Å². The number of carbonyl (C=O) groups excluding carboxylic acids is 1. The van der Waals surface area contributed by atoms with E-state index in [-0.39, 0.29) is 17.0 Å². The van der Waals surface area contributed by atoms with E-state index >= 15 is 0 Å². The number of benzene rings is 4. The molecule has 0 saturated heterocycles. The number of aryl methyl sites for hydroxylation is 1. The quantitative estimate of drug-likeness (QED) is 0.260. The standard InChI is InChI=1S/C29H28FN3O6S2/c1-20-4-17-28(39-2)27(18-20)32-41(37,38)26-15-11-24(12-16-26)31-29(34)22-7-13-25(14-8-22)33(40(3,35)36)19-21-5-9-23(30)10-6-21/h4-18,32H,19H2,1-3H3,(H,31,34). The Balaban J connectivity index is 1.45. The zero-order valence-electron chi connectivity index (χ0n) is 22.5. The van der Waals surface area contributed by atoms with Gasteiger partial charge in [0.15, 0.2) is 0 Å². The summed E-state index contributed by atoms with van der Waals surface area (Å²) >= 11 is 0. The molecule has 2 N–H and O–H groups in total. The Labute approximate surface area is 238 Å². The van der Waals surface area contributed by atoms with Gasteiger partial charge in [-0.3, -0.25) is 13.8 Å². The first kappa shape index (κ1) is 29.6. The molecule has 0 spiro atoms. The van der Waals surface area contributed by atoms with Crippen LogP contribution in [0.3, 0.4) is 0 Å². The summed E-state index contributed by atoms with van der Waals surface area (Å²) in [6.45, 7) is 1.82. The van der Waals surface area contributed by atoms with E-state index in [1.807, 2.05) is 6.92 Å². The van der Waals surface area contributed by atoms with Gasteiger partial charge in [-0.1, -0.05) is 18.2 Å². The third kappa shape index (κ3) is 7.41. The number of hydrogen-bond donors (Lipinski definition) is 2. The summed E-state index contributed by atoms with van der Waals surface area (Å²) in [4.78, 5) is 12.8. The van der Waals surface area contributed by atoms with E-state index in [0.29, 0.717) is 28.4 Å². The van der Waals surface area contributed by atoms with Gasteiger partial charge in [-0.05, 0) is 90.8 Å². The minimum Gasteiger partial charge on any atom is -0.495 e. The Bertz CT molecular complexity index is 1760. The molecule has 214 valence electrons. The number of amides is 1. The summed E-state index contributed by atoms with van der Waals surface area (Å²) in [6.07, 6.45) is 1.06. The maximum Gasteiger partial charge on any atom is 0.262 e. The van der Waals surface area contributed by atoms with Crippen molar-refractivity contribution in [2.75, 3.05) is 27.7 Å². The molecule has 4 aromatic carbocycles. The van der Waals surface area contributed by atoms with Gasteiger partial charge in [0.25, 0.3) is 15.9 Å². The Morgan fingerprint density at radius 1 is 0.878 bits per heavy atom. The van der Waals surface area contributed by atoms with Crippen molar-refractivity contribution in [3.63, 3.8) is 0 Å². The lowest BCUT2D eigenvalue weighted by Gasteiger charge is -2.22. The SMILES string of the molecule is COc1ccc(C)cc1NS(=O)(=O)c1ccc(NC(=O)c2ccc(N(Cc3ccc(F)cc3)S(C)(=O)=O)cc2)cc1. The molecule has 0 aliphatic heterocycles. The molecule has 9 nitrogen and oxygen atoms in total. The average molecular weight is 598 g/mol. The lowest BCUT2D eigenvalue weighted by atomic mass is 10.1. The number of anilines is 3. The Morgan fingerprint density at radius 3 is 2.10 bits per heavy atom. The van der Waals surface area contributed by atoms with Gasteiger partial charge in [-0.15, -0.1) is 0 Å². The van der Waals surface area contributed by atoms with Gasteiger partial charge in [0.05, 0.1) is 36.2 Å². The number of nitrogens with one attached hydrogen (secondary N) is 2. The van der Waals surface area contributed by atoms with Crippen molar-refractivity contribution in [1.82, 2.24) is 0 Å². The molecule has 4 rings (SSSR count). The number of nitrogens with zero attached hydrogens (tertiary/aromatic N) is 1. The summed E-state index contributed by atoms with van der Waals surface area (Å²) in [5.41, 5.74) is 2.71. The molecule has 0 aliphatic carbocycles. The average Bonchev–Trinajstić information content (AvgIpc) is 2.92. The lowest BCUT2D eigenvalue weighted by molar-refractivity contribution is 0.102. The van der Waals surface area contributed by atoms with Crippen molar-refractivity contribution in [2.24, 2.45) is 0 Å². The van der Waals surface area contributed by atoms with Crippen molar-refractivity contribution >= 4 is 43.0 Å². The van der Waals surface area contributed by atoms with E-state index in [0.717, 1.165) is 16.1 Å². The number of ether oxygens (including phenoxy) is 1. The molecule has 4 aromatic rings. The first-order valence-corrected chi connectivity index (χ1v) is 15.6. The lowest BCUT2D eigenvalue weighted by Crippen LogP contribution is -2.29. The molecule has 12 heteroatoms. The van der Waals surface area contributed by atoms with Crippen molar-refractivity contribution in [3.8, 4) is 5.75 Å². The molecule has 0 bridgehead atoms. The molecule has 41 heavy (non-hydrogen) atoms. The molecule has 0 radical (unpaired) electrons. The second-order valence-electron chi connectivity index (χ2n) is 9.23. The summed E-state index contributed by atoms with van der Waals surface area (Å²) in [7, 11) is -6.15. The fourth-order valence-electron chi connectivity index (χ4n) is 3.96. The van der Waals surface area contributed by atoms with Gasteiger partial charge in [0.2, 0.25) is 10.0 Å². The smallest absolute Gasteiger partial charge is 0.262 e.